The zero-order valence-electron chi connectivity index (χ0n) is 14.4. The van der Waals surface area contributed by atoms with Crippen LogP contribution in [0.25, 0.3) is 0 Å². The molecule has 0 atom stereocenters. The fraction of sp³-hybridized carbons (Fsp3) is 0.316. The Bertz CT molecular complexity index is 715. The van der Waals surface area contributed by atoms with Crippen molar-refractivity contribution in [2.75, 3.05) is 43.9 Å². The van der Waals surface area contributed by atoms with Crippen molar-refractivity contribution in [1.29, 1.82) is 0 Å². The van der Waals surface area contributed by atoms with Gasteiger partial charge in [0.15, 0.2) is 0 Å². The van der Waals surface area contributed by atoms with Crippen LogP contribution in [-0.2, 0) is 11.2 Å². The summed E-state index contributed by atoms with van der Waals surface area (Å²) >= 11 is 0. The summed E-state index contributed by atoms with van der Waals surface area (Å²) in [6.45, 7) is 3.13. The number of benzene rings is 2. The van der Waals surface area contributed by atoms with Gasteiger partial charge in [-0.3, -0.25) is 4.79 Å². The fourth-order valence-electron chi connectivity index (χ4n) is 3.01. The molecule has 1 amide bonds. The Morgan fingerprint density at radius 2 is 1.80 bits per heavy atom. The van der Waals surface area contributed by atoms with Crippen LogP contribution in [0.4, 0.5) is 11.4 Å². The number of nitrogens with zero attached hydrogens (tertiary/aromatic N) is 2. The van der Waals surface area contributed by atoms with Gasteiger partial charge in [0.2, 0.25) is 5.91 Å². The van der Waals surface area contributed by atoms with Crippen molar-refractivity contribution >= 4 is 29.7 Å². The molecule has 0 bridgehead atoms. The Kier molecular flexibility index (Phi) is 6.53. The van der Waals surface area contributed by atoms with E-state index in [2.05, 4.69) is 11.0 Å². The Morgan fingerprint density at radius 1 is 1.08 bits per heavy atom. The predicted octanol–water partition coefficient (Wildman–Crippen LogP) is 2.59. The van der Waals surface area contributed by atoms with Crippen LogP contribution in [0.15, 0.2) is 48.5 Å². The highest BCUT2D eigenvalue weighted by Crippen LogP contribution is 2.22. The van der Waals surface area contributed by atoms with Crippen molar-refractivity contribution in [1.82, 2.24) is 4.90 Å². The highest BCUT2D eigenvalue weighted by Gasteiger charge is 2.21. The molecular formula is C19H24ClN3O2. The Morgan fingerprint density at radius 3 is 2.48 bits per heavy atom. The lowest BCUT2D eigenvalue weighted by molar-refractivity contribution is -0.130. The molecule has 1 aliphatic heterocycles. The molecule has 0 unspecified atom stereocenters. The molecule has 1 fully saturated rings. The van der Waals surface area contributed by atoms with E-state index in [1.807, 2.05) is 47.4 Å². The van der Waals surface area contributed by atoms with E-state index >= 15 is 0 Å². The maximum Gasteiger partial charge on any atom is 0.227 e. The molecule has 0 radical (unpaired) electrons. The summed E-state index contributed by atoms with van der Waals surface area (Å²) < 4.78 is 5.28. The van der Waals surface area contributed by atoms with Crippen molar-refractivity contribution in [3.63, 3.8) is 0 Å². The standard InChI is InChI=1S/C19H23N3O2.ClH/c1-24-18-7-3-6-17(14-18)21-8-10-22(11-9-21)19(23)13-15-4-2-5-16(20)12-15;/h2-7,12,14H,8-11,13,20H2,1H3;1H. The lowest BCUT2D eigenvalue weighted by Gasteiger charge is -2.36. The molecule has 5 nitrogen and oxygen atoms in total. The third-order valence-corrected chi connectivity index (χ3v) is 4.36. The van der Waals surface area contributed by atoms with Gasteiger partial charge < -0.3 is 20.3 Å². The number of anilines is 2. The second-order valence-electron chi connectivity index (χ2n) is 5.99. The van der Waals surface area contributed by atoms with Gasteiger partial charge in [0, 0.05) is 43.6 Å². The minimum atomic E-state index is 0. The molecule has 3 rings (SSSR count). The molecule has 134 valence electrons. The number of piperazine rings is 1. The van der Waals surface area contributed by atoms with Gasteiger partial charge in [-0.2, -0.15) is 0 Å². The SMILES string of the molecule is COc1cccc(N2CCN(C(=O)Cc3cccc(N)c3)CC2)c1.Cl. The summed E-state index contributed by atoms with van der Waals surface area (Å²) in [5.41, 5.74) is 8.58. The number of amides is 1. The molecule has 0 saturated carbocycles. The number of halogens is 1. The van der Waals surface area contributed by atoms with Gasteiger partial charge in [0.25, 0.3) is 0 Å². The average Bonchev–Trinajstić information content (AvgIpc) is 2.62. The first-order chi connectivity index (χ1) is 11.7. The van der Waals surface area contributed by atoms with Crippen LogP contribution in [0.3, 0.4) is 0 Å². The van der Waals surface area contributed by atoms with E-state index < -0.39 is 0 Å². The van der Waals surface area contributed by atoms with Gasteiger partial charge in [0.1, 0.15) is 5.75 Å². The maximum atomic E-state index is 12.5. The van der Waals surface area contributed by atoms with Crippen LogP contribution >= 0.6 is 12.4 Å². The second-order valence-corrected chi connectivity index (χ2v) is 5.99. The Balaban J connectivity index is 0.00000225. The second kappa shape index (κ2) is 8.62. The number of carbonyl (C=O) groups excluding carboxylic acids is 1. The van der Waals surface area contributed by atoms with E-state index in [4.69, 9.17) is 10.5 Å². The summed E-state index contributed by atoms with van der Waals surface area (Å²) in [6.07, 6.45) is 0.407. The quantitative estimate of drug-likeness (QED) is 0.850. The number of hydrogen-bond donors (Lipinski definition) is 1. The average molecular weight is 362 g/mol. The molecule has 2 aromatic rings. The molecule has 0 aliphatic carbocycles. The normalized spacial score (nSPS) is 14.0. The summed E-state index contributed by atoms with van der Waals surface area (Å²) in [5, 5.41) is 0. The topological polar surface area (TPSA) is 58.8 Å². The van der Waals surface area contributed by atoms with Gasteiger partial charge >= 0.3 is 0 Å². The van der Waals surface area contributed by atoms with Crippen molar-refractivity contribution < 1.29 is 9.53 Å². The van der Waals surface area contributed by atoms with Crippen LogP contribution in [0, 0.1) is 0 Å². The van der Waals surface area contributed by atoms with Crippen LogP contribution in [-0.4, -0.2) is 44.1 Å². The lowest BCUT2D eigenvalue weighted by Crippen LogP contribution is -2.49. The minimum Gasteiger partial charge on any atom is -0.497 e. The zero-order valence-corrected chi connectivity index (χ0v) is 15.2. The van der Waals surface area contributed by atoms with Crippen LogP contribution in [0.1, 0.15) is 5.56 Å². The smallest absolute Gasteiger partial charge is 0.227 e. The first kappa shape index (κ1) is 18.9. The van der Waals surface area contributed by atoms with E-state index in [0.29, 0.717) is 12.1 Å². The van der Waals surface area contributed by atoms with Crippen molar-refractivity contribution in [3.8, 4) is 5.75 Å². The Labute approximate surface area is 154 Å². The first-order valence-electron chi connectivity index (χ1n) is 8.17. The number of hydrogen-bond acceptors (Lipinski definition) is 4. The molecule has 2 N–H and O–H groups in total. The number of ether oxygens (including phenoxy) is 1. The van der Waals surface area contributed by atoms with Crippen molar-refractivity contribution in [2.45, 2.75) is 6.42 Å². The van der Waals surface area contributed by atoms with Gasteiger partial charge in [-0.15, -0.1) is 12.4 Å². The first-order valence-corrected chi connectivity index (χ1v) is 8.17. The lowest BCUT2D eigenvalue weighted by atomic mass is 10.1. The predicted molar refractivity (Wildman–Crippen MR) is 104 cm³/mol. The minimum absolute atomic E-state index is 0. The van der Waals surface area contributed by atoms with Gasteiger partial charge in [-0.1, -0.05) is 18.2 Å². The van der Waals surface area contributed by atoms with Crippen LogP contribution < -0.4 is 15.4 Å². The number of nitrogens with two attached hydrogens (primary N) is 1. The molecule has 1 heterocycles. The molecule has 1 aliphatic rings. The molecule has 1 saturated heterocycles. The summed E-state index contributed by atoms with van der Waals surface area (Å²) in [7, 11) is 1.67. The largest absolute Gasteiger partial charge is 0.497 e. The van der Waals surface area contributed by atoms with Crippen LogP contribution in [0.5, 0.6) is 5.75 Å². The fourth-order valence-corrected chi connectivity index (χ4v) is 3.01. The molecule has 0 aromatic heterocycles. The van der Waals surface area contributed by atoms with E-state index in [1.165, 1.54) is 0 Å². The molecular weight excluding hydrogens is 338 g/mol. The maximum absolute atomic E-state index is 12.5. The monoisotopic (exact) mass is 361 g/mol. The summed E-state index contributed by atoms with van der Waals surface area (Å²) in [5.74, 6) is 1.01. The van der Waals surface area contributed by atoms with Crippen molar-refractivity contribution in [3.05, 3.63) is 54.1 Å². The summed E-state index contributed by atoms with van der Waals surface area (Å²) in [6, 6.07) is 15.6. The zero-order chi connectivity index (χ0) is 16.9. The number of carbonyl (C=O) groups is 1. The van der Waals surface area contributed by atoms with Gasteiger partial charge in [0.05, 0.1) is 13.5 Å². The number of rotatable bonds is 4. The van der Waals surface area contributed by atoms with E-state index in [0.717, 1.165) is 43.2 Å². The van der Waals surface area contributed by atoms with Gasteiger partial charge in [-0.05, 0) is 29.8 Å². The van der Waals surface area contributed by atoms with E-state index in [-0.39, 0.29) is 18.3 Å². The van der Waals surface area contributed by atoms with E-state index in [1.54, 1.807) is 7.11 Å². The Hall–Kier alpha value is -2.40. The van der Waals surface area contributed by atoms with Crippen molar-refractivity contribution in [2.24, 2.45) is 0 Å². The highest BCUT2D eigenvalue weighted by atomic mass is 35.5. The van der Waals surface area contributed by atoms with Gasteiger partial charge in [-0.25, -0.2) is 0 Å². The molecule has 0 spiro atoms. The third-order valence-electron chi connectivity index (χ3n) is 4.36. The van der Waals surface area contributed by atoms with Crippen LogP contribution in [0.2, 0.25) is 0 Å². The number of nitrogen functional groups attached to an aromatic ring is 1. The highest BCUT2D eigenvalue weighted by molar-refractivity contribution is 5.85. The molecule has 25 heavy (non-hydrogen) atoms. The number of methoxy groups -OCH3 is 1. The summed E-state index contributed by atoms with van der Waals surface area (Å²) in [4.78, 5) is 16.7. The van der Waals surface area contributed by atoms with E-state index in [9.17, 15) is 4.79 Å². The molecule has 2 aromatic carbocycles. The molecule has 6 heteroatoms. The third kappa shape index (κ3) is 4.79.